The molecule has 0 spiro atoms. The van der Waals surface area contributed by atoms with E-state index in [1.54, 1.807) is 11.0 Å². The molecule has 1 aromatic rings. The largest absolute Gasteiger partial charge is 0.478 e. The second-order valence-electron chi connectivity index (χ2n) is 3.71. The van der Waals surface area contributed by atoms with Crippen molar-refractivity contribution in [1.82, 2.24) is 9.88 Å². The first-order chi connectivity index (χ1) is 8.16. The summed E-state index contributed by atoms with van der Waals surface area (Å²) in [5.41, 5.74) is 0.156. The van der Waals surface area contributed by atoms with Gasteiger partial charge in [-0.15, -0.1) is 0 Å². The molecule has 5 nitrogen and oxygen atoms in total. The Bertz CT molecular complexity index is 429. The van der Waals surface area contributed by atoms with Gasteiger partial charge in [0.05, 0.1) is 16.3 Å². The van der Waals surface area contributed by atoms with Crippen LogP contribution in [0.2, 0.25) is 0 Å². The van der Waals surface area contributed by atoms with E-state index in [1.165, 1.54) is 24.0 Å². The fraction of sp³-hybridized carbons (Fsp3) is 0.364. The van der Waals surface area contributed by atoms with Gasteiger partial charge in [0.15, 0.2) is 0 Å². The molecule has 0 saturated carbocycles. The molecule has 0 aromatic carbocycles. The van der Waals surface area contributed by atoms with Crippen molar-refractivity contribution in [3.05, 3.63) is 23.9 Å². The number of pyridine rings is 1. The second kappa shape index (κ2) is 5.18. The predicted octanol–water partition coefficient (Wildman–Crippen LogP) is 1.10. The Balaban J connectivity index is 1.86. The molecule has 1 amide bonds. The molecule has 0 bridgehead atoms. The fourth-order valence-corrected chi connectivity index (χ4v) is 2.13. The number of rotatable bonds is 4. The van der Waals surface area contributed by atoms with Gasteiger partial charge in [0.1, 0.15) is 0 Å². The van der Waals surface area contributed by atoms with Crippen LogP contribution in [0.15, 0.2) is 23.4 Å². The van der Waals surface area contributed by atoms with Gasteiger partial charge in [-0.2, -0.15) is 0 Å². The normalized spacial score (nSPS) is 14.2. The van der Waals surface area contributed by atoms with Crippen LogP contribution >= 0.6 is 11.8 Å². The van der Waals surface area contributed by atoms with E-state index in [0.717, 1.165) is 19.5 Å². The number of aromatic nitrogens is 1. The van der Waals surface area contributed by atoms with Crippen molar-refractivity contribution in [3.63, 3.8) is 0 Å². The molecule has 0 atom stereocenters. The summed E-state index contributed by atoms with van der Waals surface area (Å²) in [6.07, 6.45) is 2.39. The molecule has 1 N–H and O–H groups in total. The minimum Gasteiger partial charge on any atom is -0.478 e. The summed E-state index contributed by atoms with van der Waals surface area (Å²) in [6.45, 7) is 1.70. The smallest absolute Gasteiger partial charge is 0.337 e. The first-order valence-electron chi connectivity index (χ1n) is 5.27. The Morgan fingerprint density at radius 1 is 1.41 bits per heavy atom. The number of aromatic carboxylic acids is 1. The zero-order valence-electron chi connectivity index (χ0n) is 9.13. The van der Waals surface area contributed by atoms with E-state index in [-0.39, 0.29) is 11.5 Å². The van der Waals surface area contributed by atoms with E-state index in [2.05, 4.69) is 4.98 Å². The van der Waals surface area contributed by atoms with Crippen LogP contribution in [0.1, 0.15) is 16.8 Å². The maximum atomic E-state index is 11.6. The van der Waals surface area contributed by atoms with Crippen LogP contribution in [0.5, 0.6) is 0 Å². The Morgan fingerprint density at radius 3 is 2.65 bits per heavy atom. The molecule has 2 rings (SSSR count). The molecule has 1 fully saturated rings. The highest BCUT2D eigenvalue weighted by Gasteiger charge is 2.19. The predicted molar refractivity (Wildman–Crippen MR) is 63.1 cm³/mol. The summed E-state index contributed by atoms with van der Waals surface area (Å²) < 4.78 is 0. The van der Waals surface area contributed by atoms with Gasteiger partial charge in [0.25, 0.3) is 0 Å². The number of nitrogens with zero attached hydrogens (tertiary/aromatic N) is 2. The highest BCUT2D eigenvalue weighted by molar-refractivity contribution is 7.99. The van der Waals surface area contributed by atoms with Gasteiger partial charge in [-0.3, -0.25) is 4.79 Å². The summed E-state index contributed by atoms with van der Waals surface area (Å²) in [5, 5.41) is 9.37. The zero-order chi connectivity index (χ0) is 12.3. The molecule has 6 heteroatoms. The molecule has 17 heavy (non-hydrogen) atoms. The highest BCUT2D eigenvalue weighted by Crippen LogP contribution is 2.17. The molecule has 1 aromatic heterocycles. The average Bonchev–Trinajstić information content (AvgIpc) is 2.24. The molecule has 0 unspecified atom stereocenters. The maximum Gasteiger partial charge on any atom is 0.337 e. The molecule has 1 aliphatic rings. The molecular formula is C11H12N2O3S. The Kier molecular flexibility index (Phi) is 3.63. The van der Waals surface area contributed by atoms with Crippen molar-refractivity contribution in [1.29, 1.82) is 0 Å². The lowest BCUT2D eigenvalue weighted by Gasteiger charge is -2.30. The molecular weight excluding hydrogens is 240 g/mol. The molecule has 0 radical (unpaired) electrons. The number of carbonyl (C=O) groups is 2. The van der Waals surface area contributed by atoms with E-state index in [0.29, 0.717) is 10.8 Å². The minimum atomic E-state index is -0.995. The molecule has 1 aliphatic heterocycles. The van der Waals surface area contributed by atoms with Crippen LogP contribution in [0.3, 0.4) is 0 Å². The maximum absolute atomic E-state index is 11.6. The molecule has 2 heterocycles. The Morgan fingerprint density at radius 2 is 2.18 bits per heavy atom. The number of amides is 1. The van der Waals surface area contributed by atoms with E-state index in [1.807, 2.05) is 0 Å². The number of hydrogen-bond acceptors (Lipinski definition) is 4. The topological polar surface area (TPSA) is 70.5 Å². The van der Waals surface area contributed by atoms with Gasteiger partial charge in [-0.1, -0.05) is 11.8 Å². The van der Waals surface area contributed by atoms with E-state index >= 15 is 0 Å². The van der Waals surface area contributed by atoms with Crippen molar-refractivity contribution in [3.8, 4) is 0 Å². The number of hydrogen-bond donors (Lipinski definition) is 1. The Hall–Kier alpha value is -1.56. The van der Waals surface area contributed by atoms with Crippen LogP contribution < -0.4 is 0 Å². The number of carboxylic acids is 1. The number of thioether (sulfide) groups is 1. The number of carbonyl (C=O) groups excluding carboxylic acids is 1. The van der Waals surface area contributed by atoms with Crippen LogP contribution in [-0.4, -0.2) is 45.7 Å². The number of likely N-dealkylation sites (tertiary alicyclic amines) is 1. The summed E-state index contributed by atoms with van der Waals surface area (Å²) in [4.78, 5) is 28.0. The third-order valence-electron chi connectivity index (χ3n) is 2.54. The SMILES string of the molecule is O=C(O)c1ccc(SCC(=O)N2CCC2)nc1. The summed E-state index contributed by atoms with van der Waals surface area (Å²) in [5.74, 6) is -0.518. The van der Waals surface area contributed by atoms with Crippen molar-refractivity contribution >= 4 is 23.6 Å². The second-order valence-corrected chi connectivity index (χ2v) is 4.71. The van der Waals surface area contributed by atoms with E-state index in [9.17, 15) is 9.59 Å². The van der Waals surface area contributed by atoms with Gasteiger partial charge in [0, 0.05) is 19.3 Å². The lowest BCUT2D eigenvalue weighted by Crippen LogP contribution is -2.43. The van der Waals surface area contributed by atoms with Crippen LogP contribution in [0.4, 0.5) is 0 Å². The summed E-state index contributed by atoms with van der Waals surface area (Å²) in [6, 6.07) is 3.11. The Labute approximate surface area is 103 Å². The fourth-order valence-electron chi connectivity index (χ4n) is 1.38. The standard InChI is InChI=1S/C11H12N2O3S/c14-10(13-4-1-5-13)7-17-9-3-2-8(6-12-9)11(15)16/h2-3,6H,1,4-5,7H2,(H,15,16). The van der Waals surface area contributed by atoms with E-state index < -0.39 is 5.97 Å². The van der Waals surface area contributed by atoms with Gasteiger partial charge in [-0.25, -0.2) is 9.78 Å². The zero-order valence-corrected chi connectivity index (χ0v) is 9.94. The van der Waals surface area contributed by atoms with Gasteiger partial charge >= 0.3 is 5.97 Å². The van der Waals surface area contributed by atoms with Crippen molar-refractivity contribution in [2.24, 2.45) is 0 Å². The van der Waals surface area contributed by atoms with Crippen molar-refractivity contribution < 1.29 is 14.7 Å². The molecule has 90 valence electrons. The lowest BCUT2D eigenvalue weighted by molar-refractivity contribution is -0.131. The summed E-state index contributed by atoms with van der Waals surface area (Å²) in [7, 11) is 0. The highest BCUT2D eigenvalue weighted by atomic mass is 32.2. The van der Waals surface area contributed by atoms with Crippen molar-refractivity contribution in [2.75, 3.05) is 18.8 Å². The lowest BCUT2D eigenvalue weighted by atomic mass is 10.2. The average molecular weight is 252 g/mol. The van der Waals surface area contributed by atoms with Gasteiger partial charge in [0.2, 0.25) is 5.91 Å². The van der Waals surface area contributed by atoms with Gasteiger partial charge < -0.3 is 10.0 Å². The third-order valence-corrected chi connectivity index (χ3v) is 3.46. The minimum absolute atomic E-state index is 0.116. The third kappa shape index (κ3) is 2.97. The molecule has 1 saturated heterocycles. The van der Waals surface area contributed by atoms with Crippen LogP contribution in [0, 0.1) is 0 Å². The van der Waals surface area contributed by atoms with E-state index in [4.69, 9.17) is 5.11 Å². The van der Waals surface area contributed by atoms with Gasteiger partial charge in [-0.05, 0) is 18.6 Å². The quantitative estimate of drug-likeness (QED) is 0.813. The first kappa shape index (κ1) is 11.9. The number of carboxylic acid groups (broad SMARTS) is 1. The van der Waals surface area contributed by atoms with Crippen LogP contribution in [0.25, 0.3) is 0 Å². The van der Waals surface area contributed by atoms with Crippen molar-refractivity contribution in [2.45, 2.75) is 11.4 Å². The molecule has 0 aliphatic carbocycles. The van der Waals surface area contributed by atoms with Crippen LogP contribution in [-0.2, 0) is 4.79 Å². The first-order valence-corrected chi connectivity index (χ1v) is 6.25. The summed E-state index contributed by atoms with van der Waals surface area (Å²) >= 11 is 1.33. The monoisotopic (exact) mass is 252 g/mol.